The van der Waals surface area contributed by atoms with E-state index in [1.807, 2.05) is 13.0 Å². The minimum absolute atomic E-state index is 0.172. The second-order valence-electron chi connectivity index (χ2n) is 4.34. The molecule has 1 aromatic rings. The van der Waals surface area contributed by atoms with Gasteiger partial charge in [-0.1, -0.05) is 20.3 Å². The molecular formula is C13H20FN. The molecule has 2 heteroatoms. The summed E-state index contributed by atoms with van der Waals surface area (Å²) in [7, 11) is 0. The summed E-state index contributed by atoms with van der Waals surface area (Å²) >= 11 is 0. The summed E-state index contributed by atoms with van der Waals surface area (Å²) in [5.41, 5.74) is 1.83. The van der Waals surface area contributed by atoms with Gasteiger partial charge >= 0.3 is 0 Å². The van der Waals surface area contributed by atoms with E-state index in [0.717, 1.165) is 17.7 Å². The van der Waals surface area contributed by atoms with E-state index >= 15 is 0 Å². The van der Waals surface area contributed by atoms with E-state index in [4.69, 9.17) is 0 Å². The minimum Gasteiger partial charge on any atom is -0.382 e. The van der Waals surface area contributed by atoms with Gasteiger partial charge in [0.25, 0.3) is 0 Å². The molecule has 1 rings (SSSR count). The average Bonchev–Trinajstić information content (AvgIpc) is 2.14. The van der Waals surface area contributed by atoms with Crippen molar-refractivity contribution in [1.29, 1.82) is 0 Å². The Hall–Kier alpha value is -1.05. The summed E-state index contributed by atoms with van der Waals surface area (Å²) in [5.74, 6) is 0.419. The Bertz CT molecular complexity index is 302. The van der Waals surface area contributed by atoms with Gasteiger partial charge in [-0.25, -0.2) is 4.39 Å². The first-order valence-electron chi connectivity index (χ1n) is 5.56. The molecular weight excluding hydrogens is 189 g/mol. The highest BCUT2D eigenvalue weighted by atomic mass is 19.1. The number of benzene rings is 1. The van der Waals surface area contributed by atoms with Crippen LogP contribution < -0.4 is 5.32 Å². The molecule has 0 saturated heterocycles. The topological polar surface area (TPSA) is 12.0 Å². The smallest absolute Gasteiger partial charge is 0.125 e. The predicted molar refractivity (Wildman–Crippen MR) is 63.7 cm³/mol. The van der Waals surface area contributed by atoms with Gasteiger partial charge in [-0.15, -0.1) is 0 Å². The van der Waals surface area contributed by atoms with Crippen LogP contribution in [0.5, 0.6) is 0 Å². The highest BCUT2D eigenvalue weighted by molar-refractivity contribution is 5.46. The zero-order valence-corrected chi connectivity index (χ0v) is 9.97. The van der Waals surface area contributed by atoms with Crippen molar-refractivity contribution in [3.63, 3.8) is 0 Å². The number of hydrogen-bond donors (Lipinski definition) is 1. The summed E-state index contributed by atoms with van der Waals surface area (Å²) in [4.78, 5) is 0. The van der Waals surface area contributed by atoms with Crippen LogP contribution in [0.2, 0.25) is 0 Å². The van der Waals surface area contributed by atoms with Crippen molar-refractivity contribution < 1.29 is 4.39 Å². The average molecular weight is 209 g/mol. The molecule has 2 atom stereocenters. The van der Waals surface area contributed by atoms with Crippen LogP contribution in [0.25, 0.3) is 0 Å². The van der Waals surface area contributed by atoms with Crippen LogP contribution in [-0.2, 0) is 0 Å². The largest absolute Gasteiger partial charge is 0.382 e. The third-order valence-corrected chi connectivity index (χ3v) is 2.93. The molecule has 0 aliphatic carbocycles. The summed E-state index contributed by atoms with van der Waals surface area (Å²) < 4.78 is 13.1. The predicted octanol–water partition coefficient (Wildman–Crippen LogP) is 3.98. The Morgan fingerprint density at radius 2 is 1.93 bits per heavy atom. The summed E-state index contributed by atoms with van der Waals surface area (Å²) in [5, 5.41) is 3.33. The first-order chi connectivity index (χ1) is 7.02. The zero-order valence-electron chi connectivity index (χ0n) is 9.97. The van der Waals surface area contributed by atoms with Gasteiger partial charge < -0.3 is 5.32 Å². The number of anilines is 1. The second kappa shape index (κ2) is 5.15. The van der Waals surface area contributed by atoms with Gasteiger partial charge in [0.1, 0.15) is 5.82 Å². The van der Waals surface area contributed by atoms with Crippen molar-refractivity contribution in [2.24, 2.45) is 5.92 Å². The number of rotatable bonds is 4. The maximum Gasteiger partial charge on any atom is 0.125 e. The maximum absolute atomic E-state index is 13.1. The second-order valence-corrected chi connectivity index (χ2v) is 4.34. The third-order valence-electron chi connectivity index (χ3n) is 2.93. The third kappa shape index (κ3) is 3.54. The van der Waals surface area contributed by atoms with Gasteiger partial charge in [0.2, 0.25) is 0 Å². The van der Waals surface area contributed by atoms with Crippen LogP contribution in [0, 0.1) is 18.7 Å². The molecule has 0 aliphatic rings. The van der Waals surface area contributed by atoms with Gasteiger partial charge in [-0.3, -0.25) is 0 Å². The molecule has 0 aromatic heterocycles. The van der Waals surface area contributed by atoms with Crippen molar-refractivity contribution in [2.75, 3.05) is 5.32 Å². The van der Waals surface area contributed by atoms with Crippen molar-refractivity contribution in [2.45, 2.75) is 40.2 Å². The maximum atomic E-state index is 13.1. The molecule has 1 nitrogen and oxygen atoms in total. The lowest BCUT2D eigenvalue weighted by molar-refractivity contribution is 0.494. The summed E-state index contributed by atoms with van der Waals surface area (Å²) in [6.45, 7) is 8.40. The van der Waals surface area contributed by atoms with Crippen LogP contribution in [0.4, 0.5) is 10.1 Å². The van der Waals surface area contributed by atoms with E-state index in [1.165, 1.54) is 0 Å². The molecule has 0 aliphatic heterocycles. The van der Waals surface area contributed by atoms with Crippen LogP contribution in [0.3, 0.4) is 0 Å². The molecule has 0 fully saturated rings. The normalized spacial score (nSPS) is 14.7. The Kier molecular flexibility index (Phi) is 4.13. The highest BCUT2D eigenvalue weighted by Crippen LogP contribution is 2.17. The van der Waals surface area contributed by atoms with E-state index in [2.05, 4.69) is 26.1 Å². The number of halogens is 1. The summed E-state index contributed by atoms with van der Waals surface area (Å²) in [6.07, 6.45) is 1.13. The van der Waals surface area contributed by atoms with E-state index in [9.17, 15) is 4.39 Å². The molecule has 1 aromatic carbocycles. The molecule has 0 saturated carbocycles. The van der Waals surface area contributed by atoms with Crippen molar-refractivity contribution in [3.05, 3.63) is 29.6 Å². The lowest BCUT2D eigenvalue weighted by atomic mass is 10.0. The lowest BCUT2D eigenvalue weighted by Crippen LogP contribution is -2.23. The molecule has 0 amide bonds. The minimum atomic E-state index is -0.172. The van der Waals surface area contributed by atoms with Crippen LogP contribution in [0.1, 0.15) is 32.8 Å². The van der Waals surface area contributed by atoms with Crippen LogP contribution in [0.15, 0.2) is 18.2 Å². The Balaban J connectivity index is 2.72. The van der Waals surface area contributed by atoms with E-state index < -0.39 is 0 Å². The molecule has 0 heterocycles. The highest BCUT2D eigenvalue weighted by Gasteiger charge is 2.10. The molecule has 0 spiro atoms. The standard InChI is InChI=1S/C13H20FN/c1-5-10(3)11(4)15-13-7-9(2)6-12(14)8-13/h6-8,10-11,15H,5H2,1-4H3. The SMILES string of the molecule is CCC(C)C(C)Nc1cc(C)cc(F)c1. The molecule has 0 radical (unpaired) electrons. The Morgan fingerprint density at radius 1 is 1.27 bits per heavy atom. The fourth-order valence-corrected chi connectivity index (χ4v) is 1.58. The number of nitrogens with one attached hydrogen (secondary N) is 1. The van der Waals surface area contributed by atoms with Crippen LogP contribution in [-0.4, -0.2) is 6.04 Å². The first kappa shape index (κ1) is 12.0. The van der Waals surface area contributed by atoms with Gasteiger partial charge in [0.15, 0.2) is 0 Å². The van der Waals surface area contributed by atoms with Gasteiger partial charge in [-0.05, 0) is 43.5 Å². The molecule has 2 unspecified atom stereocenters. The van der Waals surface area contributed by atoms with Crippen molar-refractivity contribution in [1.82, 2.24) is 0 Å². The van der Waals surface area contributed by atoms with E-state index in [-0.39, 0.29) is 5.82 Å². The van der Waals surface area contributed by atoms with Crippen molar-refractivity contribution in [3.8, 4) is 0 Å². The zero-order chi connectivity index (χ0) is 11.4. The van der Waals surface area contributed by atoms with Crippen molar-refractivity contribution >= 4 is 5.69 Å². The van der Waals surface area contributed by atoms with Gasteiger partial charge in [0, 0.05) is 11.7 Å². The van der Waals surface area contributed by atoms with Crippen LogP contribution >= 0.6 is 0 Å². The molecule has 1 N–H and O–H groups in total. The van der Waals surface area contributed by atoms with E-state index in [1.54, 1.807) is 12.1 Å². The fraction of sp³-hybridized carbons (Fsp3) is 0.538. The number of hydrogen-bond acceptors (Lipinski definition) is 1. The lowest BCUT2D eigenvalue weighted by Gasteiger charge is -2.21. The first-order valence-corrected chi connectivity index (χ1v) is 5.56. The Labute approximate surface area is 91.7 Å². The molecule has 0 bridgehead atoms. The number of aryl methyl sites for hydroxylation is 1. The fourth-order valence-electron chi connectivity index (χ4n) is 1.58. The van der Waals surface area contributed by atoms with E-state index in [0.29, 0.717) is 12.0 Å². The van der Waals surface area contributed by atoms with Gasteiger partial charge in [-0.2, -0.15) is 0 Å². The monoisotopic (exact) mass is 209 g/mol. The molecule has 15 heavy (non-hydrogen) atoms. The van der Waals surface area contributed by atoms with Gasteiger partial charge in [0.05, 0.1) is 0 Å². The Morgan fingerprint density at radius 3 is 2.47 bits per heavy atom. The molecule has 84 valence electrons. The quantitative estimate of drug-likeness (QED) is 0.791. The summed E-state index contributed by atoms with van der Waals surface area (Å²) in [6, 6.07) is 5.43.